The normalized spacial score (nSPS) is 42.7. The molecule has 3 heterocycles. The summed E-state index contributed by atoms with van der Waals surface area (Å²) in [6, 6.07) is -4.29. The van der Waals surface area contributed by atoms with Crippen LogP contribution >= 0.6 is 0 Å². The number of carbonyl (C=O) groups is 4. The van der Waals surface area contributed by atoms with Crippen LogP contribution in [-0.2, 0) is 42.9 Å². The molecule has 0 saturated carbocycles. The first-order chi connectivity index (χ1) is 21.3. The molecular formula is C27H45N3O16. The summed E-state index contributed by atoms with van der Waals surface area (Å²) in [5.41, 5.74) is 0. The molecule has 0 aromatic heterocycles. The van der Waals surface area contributed by atoms with Crippen molar-refractivity contribution in [1.82, 2.24) is 16.0 Å². The average molecular weight is 668 g/mol. The molecule has 0 spiro atoms. The minimum Gasteiger partial charge on any atom is -0.477 e. The number of carboxylic acids is 1. The fourth-order valence-electron chi connectivity index (χ4n) is 5.82. The Bertz CT molecular complexity index is 1110. The summed E-state index contributed by atoms with van der Waals surface area (Å²) >= 11 is 0. The van der Waals surface area contributed by atoms with Crippen LogP contribution in [0.4, 0.5) is 0 Å². The minimum atomic E-state index is -2.82. The van der Waals surface area contributed by atoms with Gasteiger partial charge in [-0.1, -0.05) is 0 Å². The topological polar surface area (TPSA) is 292 Å². The lowest BCUT2D eigenvalue weighted by atomic mass is 9.87. The van der Waals surface area contributed by atoms with Crippen LogP contribution in [0, 0.1) is 0 Å². The maximum atomic E-state index is 13.0. The molecule has 46 heavy (non-hydrogen) atoms. The van der Waals surface area contributed by atoms with E-state index in [-0.39, 0.29) is 0 Å². The smallest absolute Gasteiger partial charge is 0.364 e. The summed E-state index contributed by atoms with van der Waals surface area (Å²) < 4.78 is 29.0. The number of amides is 3. The van der Waals surface area contributed by atoms with Crippen LogP contribution < -0.4 is 16.0 Å². The van der Waals surface area contributed by atoms with Gasteiger partial charge in [0.15, 0.2) is 12.6 Å². The van der Waals surface area contributed by atoms with Crippen LogP contribution in [0.3, 0.4) is 0 Å². The van der Waals surface area contributed by atoms with Crippen molar-refractivity contribution in [2.45, 2.75) is 145 Å². The maximum absolute atomic E-state index is 13.0. The molecule has 0 unspecified atom stereocenters. The number of hydrogen-bond acceptors (Lipinski definition) is 15. The van der Waals surface area contributed by atoms with E-state index in [0.29, 0.717) is 0 Å². The molecule has 264 valence electrons. The Morgan fingerprint density at radius 1 is 0.804 bits per heavy atom. The summed E-state index contributed by atoms with van der Waals surface area (Å²) in [7, 11) is 0. The zero-order chi connectivity index (χ0) is 34.8. The van der Waals surface area contributed by atoms with E-state index in [4.69, 9.17) is 23.7 Å². The summed E-state index contributed by atoms with van der Waals surface area (Å²) in [6.45, 7) is 7.27. The highest BCUT2D eigenvalue weighted by molar-refractivity contribution is 5.77. The predicted octanol–water partition coefficient (Wildman–Crippen LogP) is -4.85. The van der Waals surface area contributed by atoms with Gasteiger partial charge in [-0.2, -0.15) is 0 Å². The Morgan fingerprint density at radius 2 is 1.35 bits per heavy atom. The Hall–Kier alpha value is -2.56. The van der Waals surface area contributed by atoms with Gasteiger partial charge in [0.25, 0.3) is 5.79 Å². The van der Waals surface area contributed by atoms with Crippen molar-refractivity contribution in [3.63, 3.8) is 0 Å². The second-order valence-corrected chi connectivity index (χ2v) is 11.9. The van der Waals surface area contributed by atoms with E-state index in [2.05, 4.69) is 16.0 Å². The summed E-state index contributed by atoms with van der Waals surface area (Å²) in [5, 5.41) is 81.6. The fourth-order valence-corrected chi connectivity index (χ4v) is 5.82. The Labute approximate surface area is 264 Å². The lowest BCUT2D eigenvalue weighted by molar-refractivity contribution is -0.364. The molecule has 3 rings (SSSR count). The van der Waals surface area contributed by atoms with Crippen molar-refractivity contribution in [3.8, 4) is 0 Å². The number of aliphatic hydroxyl groups is 6. The standard InChI is InChI=1S/C27H45N3O16/c1-8(31)18(35)23-15(28-11(4)32)14(44-25-17(30-13(6)34)20(37)19(36)9(2)43-25)7-27(46-23,26(40)41)45-22-10(3)42-24(39)16(21(22)38)29-12(5)33/h8-10,14-25,31,35-39H,7H2,1-6H3,(H,28,32)(H,29,33)(H,30,34)(H,40,41)/t8-,9+,10-,14+,15-,16+,17+,18-,19+,20+,21+,22-,23+,24+,25-,27+/m0/s1. The van der Waals surface area contributed by atoms with E-state index in [9.17, 15) is 54.9 Å². The van der Waals surface area contributed by atoms with Gasteiger partial charge >= 0.3 is 5.97 Å². The quantitative estimate of drug-likeness (QED) is 0.104. The number of hydrogen-bond donors (Lipinski definition) is 10. The Balaban J connectivity index is 2.10. The van der Waals surface area contributed by atoms with Crippen molar-refractivity contribution in [3.05, 3.63) is 0 Å². The second kappa shape index (κ2) is 15.1. The van der Waals surface area contributed by atoms with Gasteiger partial charge in [-0.05, 0) is 20.8 Å². The first-order valence-corrected chi connectivity index (χ1v) is 14.7. The molecule has 10 N–H and O–H groups in total. The highest BCUT2D eigenvalue weighted by Crippen LogP contribution is 2.39. The van der Waals surface area contributed by atoms with Crippen LogP contribution in [0.2, 0.25) is 0 Å². The van der Waals surface area contributed by atoms with E-state index < -0.39 is 128 Å². The van der Waals surface area contributed by atoms with E-state index in [1.807, 2.05) is 0 Å². The number of ether oxygens (including phenoxy) is 5. The SMILES string of the molecule is CC(=O)N[C@@H]1[C@@H](O)[C@@H](O[C@]2(C(=O)O)C[C@@H](O[C@@H]3O[C@H](C)[C@@H](O)[C@H](O)[C@H]3NC(C)=O)[C@H](NC(C)=O)[C@H]([C@@H](O)[C@H](C)O)O2)[C@H](C)O[C@H]1O. The largest absolute Gasteiger partial charge is 0.477 e. The van der Waals surface area contributed by atoms with Crippen LogP contribution in [0.5, 0.6) is 0 Å². The number of aliphatic carboxylic acids is 1. The highest BCUT2D eigenvalue weighted by atomic mass is 16.8. The number of carboxylic acid groups (broad SMARTS) is 1. The number of rotatable bonds is 10. The van der Waals surface area contributed by atoms with Crippen LogP contribution in [0.1, 0.15) is 48.0 Å². The van der Waals surface area contributed by atoms with E-state index in [1.165, 1.54) is 20.8 Å². The summed E-state index contributed by atoms with van der Waals surface area (Å²) in [6.07, 6.45) is -19.6. The Kier molecular flexibility index (Phi) is 12.5. The monoisotopic (exact) mass is 667 g/mol. The molecule has 16 atom stereocenters. The van der Waals surface area contributed by atoms with Crippen LogP contribution in [0.15, 0.2) is 0 Å². The van der Waals surface area contributed by atoms with E-state index in [1.54, 1.807) is 0 Å². The third kappa shape index (κ3) is 8.29. The van der Waals surface area contributed by atoms with Gasteiger partial charge in [0.05, 0.1) is 30.5 Å². The number of nitrogens with one attached hydrogen (secondary N) is 3. The maximum Gasteiger partial charge on any atom is 0.364 e. The molecule has 0 aromatic rings. The zero-order valence-electron chi connectivity index (χ0n) is 26.2. The predicted molar refractivity (Wildman–Crippen MR) is 149 cm³/mol. The van der Waals surface area contributed by atoms with Gasteiger partial charge in [-0.25, -0.2) is 4.79 Å². The van der Waals surface area contributed by atoms with Gasteiger partial charge in [0, 0.05) is 27.2 Å². The van der Waals surface area contributed by atoms with E-state index in [0.717, 1.165) is 20.8 Å². The molecule has 0 aromatic carbocycles. The molecule has 3 aliphatic heterocycles. The second-order valence-electron chi connectivity index (χ2n) is 11.9. The van der Waals surface area contributed by atoms with Gasteiger partial charge < -0.3 is 75.4 Å². The lowest BCUT2D eigenvalue weighted by Crippen LogP contribution is -2.72. The molecule has 19 nitrogen and oxygen atoms in total. The third-order valence-corrected chi connectivity index (χ3v) is 8.12. The average Bonchev–Trinajstić information content (AvgIpc) is 2.94. The number of aliphatic hydroxyl groups excluding tert-OH is 6. The minimum absolute atomic E-state index is 0.643. The first kappa shape index (κ1) is 37.9. The first-order valence-electron chi connectivity index (χ1n) is 14.7. The molecule has 0 radical (unpaired) electrons. The van der Waals surface area contributed by atoms with Crippen LogP contribution in [0.25, 0.3) is 0 Å². The molecule has 0 bridgehead atoms. The number of carbonyl (C=O) groups excluding carboxylic acids is 3. The van der Waals surface area contributed by atoms with Gasteiger partial charge in [0.1, 0.15) is 48.7 Å². The van der Waals surface area contributed by atoms with Gasteiger partial charge in [0.2, 0.25) is 17.7 Å². The fraction of sp³-hybridized carbons (Fsp3) is 0.852. The third-order valence-electron chi connectivity index (χ3n) is 8.12. The van der Waals surface area contributed by atoms with Gasteiger partial charge in [-0.3, -0.25) is 14.4 Å². The summed E-state index contributed by atoms with van der Waals surface area (Å²) in [5.74, 6) is -6.61. The highest BCUT2D eigenvalue weighted by Gasteiger charge is 2.60. The summed E-state index contributed by atoms with van der Waals surface area (Å²) in [4.78, 5) is 49.0. The molecule has 3 saturated heterocycles. The molecule has 0 aliphatic carbocycles. The molecule has 3 aliphatic rings. The Morgan fingerprint density at radius 3 is 1.87 bits per heavy atom. The van der Waals surface area contributed by atoms with Crippen molar-refractivity contribution in [2.75, 3.05) is 0 Å². The lowest BCUT2D eigenvalue weighted by Gasteiger charge is -2.52. The molecule has 3 fully saturated rings. The van der Waals surface area contributed by atoms with Crippen molar-refractivity contribution >= 4 is 23.7 Å². The van der Waals surface area contributed by atoms with Crippen molar-refractivity contribution < 1.29 is 78.6 Å². The van der Waals surface area contributed by atoms with Crippen LogP contribution in [-0.4, -0.2) is 157 Å². The molecular weight excluding hydrogens is 622 g/mol. The molecule has 19 heteroatoms. The van der Waals surface area contributed by atoms with Crippen molar-refractivity contribution in [1.29, 1.82) is 0 Å². The zero-order valence-corrected chi connectivity index (χ0v) is 26.2. The van der Waals surface area contributed by atoms with Gasteiger partial charge in [-0.15, -0.1) is 0 Å². The van der Waals surface area contributed by atoms with E-state index >= 15 is 0 Å². The van der Waals surface area contributed by atoms with Crippen molar-refractivity contribution in [2.24, 2.45) is 0 Å². The molecule has 3 amide bonds.